The average molecular weight is 334 g/mol. The maximum Gasteiger partial charge on any atom is 0.264 e. The van der Waals surface area contributed by atoms with Gasteiger partial charge in [0, 0.05) is 13.1 Å². The molecule has 3 rings (SSSR count). The van der Waals surface area contributed by atoms with Crippen LogP contribution in [0.2, 0.25) is 0 Å². The summed E-state index contributed by atoms with van der Waals surface area (Å²) in [5.41, 5.74) is 1.10. The monoisotopic (exact) mass is 334 g/mol. The summed E-state index contributed by atoms with van der Waals surface area (Å²) < 4.78 is 0. The van der Waals surface area contributed by atoms with Crippen LogP contribution >= 0.6 is 22.7 Å². The highest BCUT2D eigenvalue weighted by Crippen LogP contribution is 2.22. The van der Waals surface area contributed by atoms with Crippen LogP contribution in [-0.4, -0.2) is 29.3 Å². The van der Waals surface area contributed by atoms with Gasteiger partial charge in [-0.15, -0.1) is 11.3 Å². The van der Waals surface area contributed by atoms with Gasteiger partial charge in [0.2, 0.25) is 5.91 Å². The molecular formula is C16H18N2O2S2. The van der Waals surface area contributed by atoms with E-state index in [0.717, 1.165) is 24.8 Å². The van der Waals surface area contributed by atoms with Crippen molar-refractivity contribution >= 4 is 34.5 Å². The van der Waals surface area contributed by atoms with Crippen molar-refractivity contribution in [2.45, 2.75) is 31.8 Å². The summed E-state index contributed by atoms with van der Waals surface area (Å²) in [6.45, 7) is 1.19. The molecule has 22 heavy (non-hydrogen) atoms. The number of hydrogen-bond donors (Lipinski definition) is 1. The molecule has 116 valence electrons. The number of thiophene rings is 2. The Kier molecular flexibility index (Phi) is 4.90. The van der Waals surface area contributed by atoms with Crippen molar-refractivity contribution in [1.82, 2.24) is 10.2 Å². The zero-order valence-electron chi connectivity index (χ0n) is 12.2. The second kappa shape index (κ2) is 7.07. The number of nitrogens with one attached hydrogen (secondary N) is 1. The lowest BCUT2D eigenvalue weighted by atomic mass is 10.0. The third kappa shape index (κ3) is 3.39. The van der Waals surface area contributed by atoms with Gasteiger partial charge in [0.25, 0.3) is 5.91 Å². The lowest BCUT2D eigenvalue weighted by molar-refractivity contribution is -0.126. The van der Waals surface area contributed by atoms with E-state index >= 15 is 0 Å². The Morgan fingerprint density at radius 1 is 1.27 bits per heavy atom. The Bertz CT molecular complexity index is 623. The topological polar surface area (TPSA) is 49.4 Å². The number of rotatable bonds is 4. The first kappa shape index (κ1) is 15.2. The van der Waals surface area contributed by atoms with Gasteiger partial charge in [0.05, 0.1) is 4.88 Å². The Morgan fingerprint density at radius 2 is 2.18 bits per heavy atom. The molecule has 1 N–H and O–H groups in total. The SMILES string of the molecule is O=C(NCc1ccsc1)C1CCCCN1C(=O)c1cccs1. The van der Waals surface area contributed by atoms with Crippen molar-refractivity contribution in [3.05, 3.63) is 44.8 Å². The third-order valence-corrected chi connectivity index (χ3v) is 5.44. The highest BCUT2D eigenvalue weighted by molar-refractivity contribution is 7.12. The molecule has 0 saturated carbocycles. The van der Waals surface area contributed by atoms with E-state index in [1.54, 1.807) is 16.2 Å². The molecule has 1 aliphatic heterocycles. The van der Waals surface area contributed by atoms with Crippen LogP contribution in [0.1, 0.15) is 34.5 Å². The zero-order valence-corrected chi connectivity index (χ0v) is 13.8. The molecule has 0 bridgehead atoms. The molecule has 6 heteroatoms. The van der Waals surface area contributed by atoms with Gasteiger partial charge in [-0.25, -0.2) is 0 Å². The Balaban J connectivity index is 1.66. The smallest absolute Gasteiger partial charge is 0.264 e. The first-order chi connectivity index (χ1) is 10.8. The average Bonchev–Trinajstić information content (AvgIpc) is 3.25. The van der Waals surface area contributed by atoms with Crippen LogP contribution < -0.4 is 5.32 Å². The van der Waals surface area contributed by atoms with Crippen molar-refractivity contribution in [3.8, 4) is 0 Å². The Hall–Kier alpha value is -1.66. The lowest BCUT2D eigenvalue weighted by Crippen LogP contribution is -2.51. The Morgan fingerprint density at radius 3 is 2.91 bits per heavy atom. The summed E-state index contributed by atoms with van der Waals surface area (Å²) >= 11 is 3.04. The molecule has 2 amide bonds. The van der Waals surface area contributed by atoms with E-state index < -0.39 is 0 Å². The van der Waals surface area contributed by atoms with E-state index in [0.29, 0.717) is 18.0 Å². The fourth-order valence-corrected chi connectivity index (χ4v) is 4.04. The first-order valence-electron chi connectivity index (χ1n) is 7.39. The van der Waals surface area contributed by atoms with Gasteiger partial charge >= 0.3 is 0 Å². The number of piperidine rings is 1. The summed E-state index contributed by atoms with van der Waals surface area (Å²) in [6, 6.07) is 5.34. The Labute approximate surface area is 137 Å². The summed E-state index contributed by atoms with van der Waals surface area (Å²) in [6.07, 6.45) is 2.70. The van der Waals surface area contributed by atoms with Gasteiger partial charge in [0.15, 0.2) is 0 Å². The van der Waals surface area contributed by atoms with Gasteiger partial charge in [-0.3, -0.25) is 9.59 Å². The number of carbonyl (C=O) groups is 2. The largest absolute Gasteiger partial charge is 0.350 e. The molecule has 1 unspecified atom stereocenters. The van der Waals surface area contributed by atoms with Crippen LogP contribution in [0.5, 0.6) is 0 Å². The maximum atomic E-state index is 12.6. The minimum absolute atomic E-state index is 0.0228. The number of hydrogen-bond acceptors (Lipinski definition) is 4. The highest BCUT2D eigenvalue weighted by atomic mass is 32.1. The summed E-state index contributed by atoms with van der Waals surface area (Å²) in [7, 11) is 0. The van der Waals surface area contributed by atoms with E-state index in [-0.39, 0.29) is 17.9 Å². The number of amides is 2. The fourth-order valence-electron chi connectivity index (χ4n) is 2.69. The first-order valence-corrected chi connectivity index (χ1v) is 9.21. The van der Waals surface area contributed by atoms with Gasteiger partial charge in [0.1, 0.15) is 6.04 Å². The van der Waals surface area contributed by atoms with Crippen LogP contribution in [-0.2, 0) is 11.3 Å². The van der Waals surface area contributed by atoms with E-state index in [1.807, 2.05) is 34.3 Å². The second-order valence-electron chi connectivity index (χ2n) is 5.34. The van der Waals surface area contributed by atoms with Crippen LogP contribution in [0.4, 0.5) is 0 Å². The maximum absolute atomic E-state index is 12.6. The third-order valence-electron chi connectivity index (χ3n) is 3.85. The molecule has 0 spiro atoms. The standard InChI is InChI=1S/C16H18N2O2S2/c19-15(17-10-12-6-9-21-11-12)13-4-1-2-7-18(13)16(20)14-5-3-8-22-14/h3,5-6,8-9,11,13H,1-2,4,7,10H2,(H,17,19). The molecule has 4 nitrogen and oxygen atoms in total. The molecule has 2 aromatic heterocycles. The summed E-state index contributed by atoms with van der Waals surface area (Å²) in [4.78, 5) is 27.5. The second-order valence-corrected chi connectivity index (χ2v) is 7.06. The normalized spacial score (nSPS) is 18.2. The molecule has 1 fully saturated rings. The quantitative estimate of drug-likeness (QED) is 0.934. The van der Waals surface area contributed by atoms with Gasteiger partial charge in [-0.2, -0.15) is 11.3 Å². The molecule has 1 saturated heterocycles. The van der Waals surface area contributed by atoms with Crippen molar-refractivity contribution < 1.29 is 9.59 Å². The van der Waals surface area contributed by atoms with E-state index in [2.05, 4.69) is 5.32 Å². The molecule has 0 radical (unpaired) electrons. The van der Waals surface area contributed by atoms with E-state index in [4.69, 9.17) is 0 Å². The zero-order chi connectivity index (χ0) is 15.4. The van der Waals surface area contributed by atoms with Crippen molar-refractivity contribution in [3.63, 3.8) is 0 Å². The summed E-state index contributed by atoms with van der Waals surface area (Å²) in [5.74, 6) is -0.0683. The molecule has 2 aromatic rings. The minimum atomic E-state index is -0.345. The van der Waals surface area contributed by atoms with Crippen molar-refractivity contribution in [2.24, 2.45) is 0 Å². The van der Waals surface area contributed by atoms with Crippen LogP contribution in [0.3, 0.4) is 0 Å². The molecular weight excluding hydrogens is 316 g/mol. The minimum Gasteiger partial charge on any atom is -0.350 e. The predicted octanol–water partition coefficient (Wildman–Crippen LogP) is 3.12. The van der Waals surface area contributed by atoms with E-state index in [1.165, 1.54) is 11.3 Å². The van der Waals surface area contributed by atoms with Crippen LogP contribution in [0.15, 0.2) is 34.3 Å². The highest BCUT2D eigenvalue weighted by Gasteiger charge is 2.32. The van der Waals surface area contributed by atoms with Gasteiger partial charge in [-0.05, 0) is 53.1 Å². The van der Waals surface area contributed by atoms with Gasteiger partial charge < -0.3 is 10.2 Å². The molecule has 1 atom stereocenters. The summed E-state index contributed by atoms with van der Waals surface area (Å²) in [5, 5.41) is 8.87. The molecule has 0 aliphatic carbocycles. The van der Waals surface area contributed by atoms with Crippen LogP contribution in [0.25, 0.3) is 0 Å². The van der Waals surface area contributed by atoms with Gasteiger partial charge in [-0.1, -0.05) is 6.07 Å². The van der Waals surface area contributed by atoms with Crippen LogP contribution in [0, 0.1) is 0 Å². The fraction of sp³-hybridized carbons (Fsp3) is 0.375. The number of carbonyl (C=O) groups excluding carboxylic acids is 2. The van der Waals surface area contributed by atoms with E-state index in [9.17, 15) is 9.59 Å². The molecule has 1 aliphatic rings. The molecule has 0 aromatic carbocycles. The number of likely N-dealkylation sites (tertiary alicyclic amines) is 1. The molecule has 3 heterocycles. The predicted molar refractivity (Wildman–Crippen MR) is 89.2 cm³/mol. The number of nitrogens with zero attached hydrogens (tertiary/aromatic N) is 1. The van der Waals surface area contributed by atoms with Crippen molar-refractivity contribution in [2.75, 3.05) is 6.54 Å². The van der Waals surface area contributed by atoms with Crippen molar-refractivity contribution in [1.29, 1.82) is 0 Å². The lowest BCUT2D eigenvalue weighted by Gasteiger charge is -2.34.